The average Bonchev–Trinajstić information content (AvgIpc) is 3.42. The highest BCUT2D eigenvalue weighted by Gasteiger charge is 2.33. The highest BCUT2D eigenvalue weighted by Crippen LogP contribution is 2.43. The van der Waals surface area contributed by atoms with Gasteiger partial charge < -0.3 is 19.5 Å². The Morgan fingerprint density at radius 2 is 1.97 bits per heavy atom. The molecule has 2 N–H and O–H groups in total. The largest absolute Gasteiger partial charge is 0.491 e. The van der Waals surface area contributed by atoms with Gasteiger partial charge in [-0.25, -0.2) is 15.0 Å². The quantitative estimate of drug-likeness (QED) is 0.519. The number of nitrogens with zero attached hydrogens (tertiary/aromatic N) is 6. The Labute approximate surface area is 209 Å². The number of methoxy groups -OCH3 is 1. The second-order valence-corrected chi connectivity index (χ2v) is 8.44. The minimum Gasteiger partial charge on any atom is -0.491 e. The van der Waals surface area contributed by atoms with Gasteiger partial charge in [-0.2, -0.15) is 0 Å². The molecule has 1 aromatic heterocycles. The van der Waals surface area contributed by atoms with Gasteiger partial charge in [0.05, 0.1) is 39.0 Å². The van der Waals surface area contributed by atoms with E-state index in [0.717, 1.165) is 50.7 Å². The maximum Gasteiger partial charge on any atom is 0.261 e. The summed E-state index contributed by atoms with van der Waals surface area (Å²) in [5, 5.41) is 5.72. The number of guanidine groups is 1. The molecule has 0 atom stereocenters. The van der Waals surface area contributed by atoms with Gasteiger partial charge in [-0.3, -0.25) is 24.9 Å². The van der Waals surface area contributed by atoms with Crippen LogP contribution in [-0.2, 0) is 4.74 Å². The van der Waals surface area contributed by atoms with Gasteiger partial charge in [-0.05, 0) is 18.6 Å². The van der Waals surface area contributed by atoms with E-state index in [1.54, 1.807) is 14.2 Å². The van der Waals surface area contributed by atoms with Gasteiger partial charge in [-0.15, -0.1) is 0 Å². The fourth-order valence-electron chi connectivity index (χ4n) is 4.34. The van der Waals surface area contributed by atoms with Gasteiger partial charge >= 0.3 is 0 Å². The molecule has 0 aliphatic carbocycles. The van der Waals surface area contributed by atoms with Gasteiger partial charge in [-0.1, -0.05) is 0 Å². The van der Waals surface area contributed by atoms with E-state index in [-0.39, 0.29) is 5.91 Å². The number of rotatable bonds is 8. The number of anilines is 1. The monoisotopic (exact) mass is 494 g/mol. The zero-order valence-corrected chi connectivity index (χ0v) is 20.5. The number of carbonyl (C=O) groups excluding carboxylic acids is 1. The molecule has 2 aromatic rings. The van der Waals surface area contributed by atoms with Crippen LogP contribution in [0.1, 0.15) is 22.3 Å². The molecule has 1 aromatic carbocycles. The van der Waals surface area contributed by atoms with E-state index in [0.29, 0.717) is 54.4 Å². The first kappa shape index (κ1) is 23.9. The standard InChI is InChI=1S/C24H30N8O4/c1-25-23-27-14-16(15-28-23)22(33)30-24-29-19-17(21-26-6-8-32(21)24)4-5-18(20(19)34-2)36-11-3-7-31-9-12-35-13-10-31/h4-5,14-15H,3,6-13H2,1-2H3,(H,25,27,28)(H,29,30,33). The predicted octanol–water partition coefficient (Wildman–Crippen LogP) is 1.12. The molecule has 12 heteroatoms. The summed E-state index contributed by atoms with van der Waals surface area (Å²) >= 11 is 0. The number of nitrogens with one attached hydrogen (secondary N) is 2. The molecular formula is C24H30N8O4. The molecule has 3 aliphatic heterocycles. The Kier molecular flexibility index (Phi) is 7.23. The van der Waals surface area contributed by atoms with Gasteiger partial charge in [0, 0.05) is 51.2 Å². The molecule has 12 nitrogen and oxygen atoms in total. The summed E-state index contributed by atoms with van der Waals surface area (Å²) in [6.45, 7) is 6.20. The van der Waals surface area contributed by atoms with E-state index in [9.17, 15) is 4.79 Å². The molecule has 1 fully saturated rings. The molecule has 36 heavy (non-hydrogen) atoms. The minimum atomic E-state index is -0.361. The van der Waals surface area contributed by atoms with Crippen LogP contribution in [0, 0.1) is 0 Å². The number of fused-ring (bicyclic) bond motifs is 3. The van der Waals surface area contributed by atoms with Crippen LogP contribution in [0.5, 0.6) is 11.5 Å². The predicted molar refractivity (Wildman–Crippen MR) is 135 cm³/mol. The molecule has 3 aliphatic rings. The number of aliphatic imine (C=N–C) groups is 2. The zero-order valence-electron chi connectivity index (χ0n) is 20.5. The number of aromatic nitrogens is 2. The van der Waals surface area contributed by atoms with Gasteiger partial charge in [0.25, 0.3) is 5.91 Å². The Hall–Kier alpha value is -3.77. The van der Waals surface area contributed by atoms with Crippen LogP contribution in [0.2, 0.25) is 0 Å². The lowest BCUT2D eigenvalue weighted by Gasteiger charge is -2.28. The van der Waals surface area contributed by atoms with E-state index in [4.69, 9.17) is 19.2 Å². The van der Waals surface area contributed by atoms with Gasteiger partial charge in [0.15, 0.2) is 11.5 Å². The summed E-state index contributed by atoms with van der Waals surface area (Å²) in [6, 6.07) is 3.84. The van der Waals surface area contributed by atoms with Crippen LogP contribution < -0.4 is 20.1 Å². The van der Waals surface area contributed by atoms with Crippen molar-refractivity contribution in [3.8, 4) is 11.5 Å². The van der Waals surface area contributed by atoms with Crippen LogP contribution in [0.3, 0.4) is 0 Å². The molecule has 1 amide bonds. The summed E-state index contributed by atoms with van der Waals surface area (Å²) in [5.74, 6) is 2.32. The second kappa shape index (κ2) is 10.9. The molecule has 190 valence electrons. The maximum absolute atomic E-state index is 12.9. The highest BCUT2D eigenvalue weighted by atomic mass is 16.5. The lowest BCUT2D eigenvalue weighted by Crippen LogP contribution is -2.47. The fourth-order valence-corrected chi connectivity index (χ4v) is 4.34. The fraction of sp³-hybridized carbons (Fsp3) is 0.458. The third kappa shape index (κ3) is 4.95. The number of benzene rings is 1. The zero-order chi connectivity index (χ0) is 24.9. The third-order valence-corrected chi connectivity index (χ3v) is 6.20. The Bertz CT molecular complexity index is 1160. The van der Waals surface area contributed by atoms with Crippen LogP contribution >= 0.6 is 0 Å². The van der Waals surface area contributed by atoms with Crippen molar-refractivity contribution in [1.82, 2.24) is 25.1 Å². The molecule has 0 saturated carbocycles. The summed E-state index contributed by atoms with van der Waals surface area (Å²) in [6.07, 6.45) is 3.82. The van der Waals surface area contributed by atoms with E-state index in [1.165, 1.54) is 12.4 Å². The lowest BCUT2D eigenvalue weighted by molar-refractivity contribution is 0.0357. The minimum absolute atomic E-state index is 0.324. The summed E-state index contributed by atoms with van der Waals surface area (Å²) in [5.41, 5.74) is 1.74. The normalized spacial score (nSPS) is 17.0. The first-order valence-corrected chi connectivity index (χ1v) is 12.0. The molecule has 0 radical (unpaired) electrons. The number of hydrogen-bond acceptors (Lipinski definition) is 11. The van der Waals surface area contributed by atoms with Crippen LogP contribution in [0.25, 0.3) is 0 Å². The second-order valence-electron chi connectivity index (χ2n) is 8.44. The van der Waals surface area contributed by atoms with Crippen LogP contribution in [-0.4, -0.2) is 104 Å². The van der Waals surface area contributed by atoms with Gasteiger partial charge in [0.2, 0.25) is 11.9 Å². The molecular weight excluding hydrogens is 464 g/mol. The average molecular weight is 495 g/mol. The van der Waals surface area contributed by atoms with Crippen LogP contribution in [0.15, 0.2) is 34.5 Å². The first-order valence-electron chi connectivity index (χ1n) is 12.0. The number of carbonyl (C=O) groups is 1. The maximum atomic E-state index is 12.9. The first-order chi connectivity index (χ1) is 17.7. The SMILES string of the molecule is CNc1ncc(C(=O)NC2=Nc3c(ccc(OCCCN4CCOCC4)c3OC)C3=NCCN23)cn1. The third-order valence-electron chi connectivity index (χ3n) is 6.20. The topological polar surface area (TPSA) is 126 Å². The van der Waals surface area contributed by atoms with Gasteiger partial charge in [0.1, 0.15) is 11.5 Å². The summed E-state index contributed by atoms with van der Waals surface area (Å²) in [4.78, 5) is 34.8. The molecule has 0 unspecified atom stereocenters. The van der Waals surface area contributed by atoms with E-state index >= 15 is 0 Å². The van der Waals surface area contributed by atoms with E-state index in [2.05, 4.69) is 30.5 Å². The number of ether oxygens (including phenoxy) is 3. The lowest BCUT2D eigenvalue weighted by atomic mass is 10.1. The number of amides is 1. The van der Waals surface area contributed by atoms with E-state index < -0.39 is 0 Å². The smallest absolute Gasteiger partial charge is 0.261 e. The van der Waals surface area contributed by atoms with Crippen molar-refractivity contribution >= 4 is 29.3 Å². The van der Waals surface area contributed by atoms with Crippen molar-refractivity contribution < 1.29 is 19.0 Å². The Morgan fingerprint density at radius 1 is 1.17 bits per heavy atom. The molecule has 1 saturated heterocycles. The number of morpholine rings is 1. The van der Waals surface area contributed by atoms with Crippen molar-refractivity contribution in [1.29, 1.82) is 0 Å². The Morgan fingerprint density at radius 3 is 2.72 bits per heavy atom. The molecule has 0 bridgehead atoms. The summed E-state index contributed by atoms with van der Waals surface area (Å²) < 4.78 is 17.2. The molecule has 5 rings (SSSR count). The molecule has 4 heterocycles. The summed E-state index contributed by atoms with van der Waals surface area (Å²) in [7, 11) is 3.31. The highest BCUT2D eigenvalue weighted by molar-refractivity contribution is 6.20. The van der Waals surface area contributed by atoms with Crippen molar-refractivity contribution in [2.75, 3.05) is 72.0 Å². The van der Waals surface area contributed by atoms with Crippen molar-refractivity contribution in [2.24, 2.45) is 9.98 Å². The van der Waals surface area contributed by atoms with Crippen molar-refractivity contribution in [3.63, 3.8) is 0 Å². The van der Waals surface area contributed by atoms with E-state index in [1.807, 2.05) is 17.0 Å². The van der Waals surface area contributed by atoms with Crippen molar-refractivity contribution in [3.05, 3.63) is 35.7 Å². The number of hydrogen-bond donors (Lipinski definition) is 2. The van der Waals surface area contributed by atoms with Crippen LogP contribution in [0.4, 0.5) is 11.6 Å². The number of amidine groups is 1. The molecule has 0 spiro atoms. The van der Waals surface area contributed by atoms with Crippen molar-refractivity contribution in [2.45, 2.75) is 6.42 Å². The Balaban J connectivity index is 1.34.